The molecule has 0 bridgehead atoms. The molecule has 2 N–H and O–H groups in total. The lowest BCUT2D eigenvalue weighted by molar-refractivity contribution is -0.151. The average molecular weight is 413 g/mol. The number of phenolic OH excluding ortho intramolecular Hbond substituents is 1. The molecule has 160 valence electrons. The zero-order valence-corrected chi connectivity index (χ0v) is 17.8. The monoisotopic (exact) mass is 413 g/mol. The summed E-state index contributed by atoms with van der Waals surface area (Å²) >= 11 is 0. The van der Waals surface area contributed by atoms with Gasteiger partial charge < -0.3 is 19.9 Å². The van der Waals surface area contributed by atoms with Crippen molar-refractivity contribution in [3.8, 4) is 5.75 Å². The van der Waals surface area contributed by atoms with E-state index in [1.165, 1.54) is 19.2 Å². The van der Waals surface area contributed by atoms with Crippen LogP contribution in [0.2, 0.25) is 0 Å². The van der Waals surface area contributed by atoms with E-state index < -0.39 is 23.8 Å². The van der Waals surface area contributed by atoms with Gasteiger partial charge in [0.1, 0.15) is 11.7 Å². The zero-order valence-electron chi connectivity index (χ0n) is 17.8. The van der Waals surface area contributed by atoms with E-state index in [1.807, 2.05) is 6.92 Å². The predicted octanol–water partition coefficient (Wildman–Crippen LogP) is 2.96. The van der Waals surface area contributed by atoms with Gasteiger partial charge in [-0.15, -0.1) is 0 Å². The quantitative estimate of drug-likeness (QED) is 0.578. The van der Waals surface area contributed by atoms with Gasteiger partial charge in [-0.25, -0.2) is 4.79 Å². The number of phenols is 1. The Hall–Kier alpha value is -3.09. The van der Waals surface area contributed by atoms with Gasteiger partial charge >= 0.3 is 11.9 Å². The number of aromatic hydroxyl groups is 1. The van der Waals surface area contributed by atoms with Gasteiger partial charge in [0.05, 0.1) is 18.8 Å². The van der Waals surface area contributed by atoms with Gasteiger partial charge in [0.15, 0.2) is 5.78 Å². The SMILES string of the molecule is COC(=O)[C@@H]1C(=O)C2=C(C[C@@H]1C)NC(C)=C(C(=O)OC(C)C)[C@H]2c1ccc(O)cc1. The maximum absolute atomic E-state index is 13.5. The molecule has 1 aliphatic carbocycles. The molecular weight excluding hydrogens is 386 g/mol. The van der Waals surface area contributed by atoms with E-state index in [0.717, 1.165) is 0 Å². The molecule has 7 heteroatoms. The second-order valence-corrected chi connectivity index (χ2v) is 8.08. The first-order valence-corrected chi connectivity index (χ1v) is 9.98. The molecule has 0 saturated carbocycles. The van der Waals surface area contributed by atoms with Gasteiger partial charge in [-0.2, -0.15) is 0 Å². The number of nitrogens with one attached hydrogen (secondary N) is 1. The first-order valence-electron chi connectivity index (χ1n) is 9.98. The number of benzene rings is 1. The molecule has 0 fully saturated rings. The van der Waals surface area contributed by atoms with Gasteiger partial charge in [0, 0.05) is 22.9 Å². The number of esters is 2. The Labute approximate surface area is 175 Å². The molecule has 0 amide bonds. The van der Waals surface area contributed by atoms with Crippen LogP contribution in [0.15, 0.2) is 46.8 Å². The topological polar surface area (TPSA) is 102 Å². The zero-order chi connectivity index (χ0) is 22.2. The summed E-state index contributed by atoms with van der Waals surface area (Å²) in [6.07, 6.45) is 0.137. The molecule has 0 aromatic heterocycles. The molecule has 1 aromatic rings. The fraction of sp³-hybridized carbons (Fsp3) is 0.435. The van der Waals surface area contributed by atoms with E-state index in [0.29, 0.717) is 34.5 Å². The Kier molecular flexibility index (Phi) is 6.01. The maximum Gasteiger partial charge on any atom is 0.337 e. The lowest BCUT2D eigenvalue weighted by atomic mass is 9.69. The van der Waals surface area contributed by atoms with E-state index in [9.17, 15) is 19.5 Å². The Morgan fingerprint density at radius 3 is 2.40 bits per heavy atom. The van der Waals surface area contributed by atoms with Crippen LogP contribution >= 0.6 is 0 Å². The molecule has 7 nitrogen and oxygen atoms in total. The molecule has 1 aliphatic heterocycles. The number of ketones is 1. The molecule has 0 spiro atoms. The van der Waals surface area contributed by atoms with Crippen molar-refractivity contribution in [1.29, 1.82) is 0 Å². The van der Waals surface area contributed by atoms with Crippen LogP contribution in [0.25, 0.3) is 0 Å². The minimum absolute atomic E-state index is 0.0740. The van der Waals surface area contributed by atoms with Crippen LogP contribution in [-0.4, -0.2) is 36.0 Å². The first-order chi connectivity index (χ1) is 14.1. The highest BCUT2D eigenvalue weighted by atomic mass is 16.5. The number of rotatable bonds is 4. The molecule has 0 saturated heterocycles. The van der Waals surface area contributed by atoms with Crippen LogP contribution < -0.4 is 5.32 Å². The summed E-state index contributed by atoms with van der Waals surface area (Å²) in [5, 5.41) is 12.9. The minimum Gasteiger partial charge on any atom is -0.508 e. The van der Waals surface area contributed by atoms with Crippen molar-refractivity contribution < 1.29 is 29.0 Å². The number of methoxy groups -OCH3 is 1. The fourth-order valence-electron chi connectivity index (χ4n) is 4.23. The minimum atomic E-state index is -0.934. The molecule has 0 unspecified atom stereocenters. The van der Waals surface area contributed by atoms with Crippen molar-refractivity contribution in [2.24, 2.45) is 11.8 Å². The van der Waals surface area contributed by atoms with Crippen molar-refractivity contribution in [3.05, 3.63) is 52.4 Å². The van der Waals surface area contributed by atoms with Gasteiger partial charge in [-0.05, 0) is 50.8 Å². The summed E-state index contributed by atoms with van der Waals surface area (Å²) in [6, 6.07) is 6.35. The Morgan fingerprint density at radius 1 is 1.20 bits per heavy atom. The van der Waals surface area contributed by atoms with E-state index >= 15 is 0 Å². The number of allylic oxidation sites excluding steroid dienone is 3. The molecule has 3 rings (SSSR count). The third kappa shape index (κ3) is 3.84. The first kappa shape index (κ1) is 21.6. The lowest BCUT2D eigenvalue weighted by Gasteiger charge is -2.38. The van der Waals surface area contributed by atoms with Crippen molar-refractivity contribution in [2.45, 2.75) is 46.1 Å². The Balaban J connectivity index is 2.17. The highest BCUT2D eigenvalue weighted by molar-refractivity contribution is 6.12. The summed E-state index contributed by atoms with van der Waals surface area (Å²) < 4.78 is 10.3. The number of hydrogen-bond donors (Lipinski definition) is 2. The second kappa shape index (κ2) is 8.34. The van der Waals surface area contributed by atoms with Crippen LogP contribution in [0.5, 0.6) is 5.75 Å². The van der Waals surface area contributed by atoms with Crippen molar-refractivity contribution in [3.63, 3.8) is 0 Å². The van der Waals surface area contributed by atoms with E-state index in [-0.39, 0.29) is 23.6 Å². The fourth-order valence-corrected chi connectivity index (χ4v) is 4.23. The maximum atomic E-state index is 13.5. The molecule has 30 heavy (non-hydrogen) atoms. The van der Waals surface area contributed by atoms with Crippen LogP contribution in [0.1, 0.15) is 45.6 Å². The van der Waals surface area contributed by atoms with Crippen LogP contribution in [0.3, 0.4) is 0 Å². The van der Waals surface area contributed by atoms with Crippen molar-refractivity contribution in [1.82, 2.24) is 5.32 Å². The number of ether oxygens (including phenoxy) is 2. The van der Waals surface area contributed by atoms with Gasteiger partial charge in [0.25, 0.3) is 0 Å². The largest absolute Gasteiger partial charge is 0.508 e. The smallest absolute Gasteiger partial charge is 0.337 e. The third-order valence-corrected chi connectivity index (χ3v) is 5.53. The van der Waals surface area contributed by atoms with Crippen LogP contribution in [-0.2, 0) is 23.9 Å². The lowest BCUT2D eigenvalue weighted by Crippen LogP contribution is -2.43. The molecule has 2 aliphatic rings. The summed E-state index contributed by atoms with van der Waals surface area (Å²) in [5.74, 6) is -3.28. The second-order valence-electron chi connectivity index (χ2n) is 8.08. The summed E-state index contributed by atoms with van der Waals surface area (Å²) in [6.45, 7) is 7.12. The third-order valence-electron chi connectivity index (χ3n) is 5.53. The van der Waals surface area contributed by atoms with E-state index in [4.69, 9.17) is 9.47 Å². The van der Waals surface area contributed by atoms with Crippen LogP contribution in [0.4, 0.5) is 0 Å². The Morgan fingerprint density at radius 2 is 1.83 bits per heavy atom. The molecular formula is C23H27NO6. The van der Waals surface area contributed by atoms with Gasteiger partial charge in [0.2, 0.25) is 0 Å². The van der Waals surface area contributed by atoms with Crippen molar-refractivity contribution >= 4 is 17.7 Å². The molecule has 0 radical (unpaired) electrons. The Bertz CT molecular complexity index is 941. The predicted molar refractivity (Wildman–Crippen MR) is 109 cm³/mol. The van der Waals surface area contributed by atoms with Crippen LogP contribution in [0, 0.1) is 11.8 Å². The summed E-state index contributed by atoms with van der Waals surface area (Å²) in [7, 11) is 1.26. The average Bonchev–Trinajstić information content (AvgIpc) is 2.66. The van der Waals surface area contributed by atoms with Gasteiger partial charge in [-0.3, -0.25) is 9.59 Å². The highest BCUT2D eigenvalue weighted by Gasteiger charge is 2.47. The molecule has 1 heterocycles. The van der Waals surface area contributed by atoms with Crippen molar-refractivity contribution in [2.75, 3.05) is 7.11 Å². The van der Waals surface area contributed by atoms with E-state index in [2.05, 4.69) is 5.32 Å². The number of carbonyl (C=O) groups is 3. The molecule has 1 aromatic carbocycles. The molecule has 3 atom stereocenters. The normalized spacial score (nSPS) is 23.8. The van der Waals surface area contributed by atoms with E-state index in [1.54, 1.807) is 32.9 Å². The summed E-state index contributed by atoms with van der Waals surface area (Å²) in [5.41, 5.74) is 2.65. The highest BCUT2D eigenvalue weighted by Crippen LogP contribution is 2.45. The number of hydrogen-bond acceptors (Lipinski definition) is 7. The number of dihydropyridines is 1. The number of carbonyl (C=O) groups excluding carboxylic acids is 3. The summed E-state index contributed by atoms with van der Waals surface area (Å²) in [4.78, 5) is 38.8. The number of Topliss-reactive ketones (excluding diaryl/α,β-unsaturated/α-hetero) is 1. The van der Waals surface area contributed by atoms with Gasteiger partial charge in [-0.1, -0.05) is 19.1 Å². The standard InChI is InChI=1S/C23H27NO6/c1-11(2)30-23(28)18-13(4)24-16-10-12(3)17(22(27)29-5)21(26)20(16)19(18)14-6-8-15(25)9-7-14/h6-9,11-12,17,19,24-25H,10H2,1-5H3/t12-,17-,19+/m0/s1.